The number of halogens is 1. The van der Waals surface area contributed by atoms with Gasteiger partial charge >= 0.3 is 0 Å². The Labute approximate surface area is 185 Å². The van der Waals surface area contributed by atoms with Gasteiger partial charge in [-0.05, 0) is 62.3 Å². The maximum Gasteiger partial charge on any atom is 0.196 e. The number of hydrogen-bond donors (Lipinski definition) is 0. The number of methoxy groups -OCH3 is 1. The SMILES string of the molecule is COc1cccc(C(=O)CSc2nnc(CN3CCCCC3)n2-c2ccc(F)cc2)c1. The van der Waals surface area contributed by atoms with Gasteiger partial charge in [0.15, 0.2) is 16.8 Å². The van der Waals surface area contributed by atoms with Gasteiger partial charge in [0.25, 0.3) is 0 Å². The van der Waals surface area contributed by atoms with Crippen LogP contribution in [0.1, 0.15) is 35.4 Å². The van der Waals surface area contributed by atoms with Crippen molar-refractivity contribution in [3.05, 3.63) is 65.7 Å². The highest BCUT2D eigenvalue weighted by atomic mass is 32.2. The van der Waals surface area contributed by atoms with Crippen molar-refractivity contribution in [3.8, 4) is 11.4 Å². The first kappa shape index (κ1) is 21.5. The van der Waals surface area contributed by atoms with Crippen LogP contribution in [0.5, 0.6) is 5.75 Å². The summed E-state index contributed by atoms with van der Waals surface area (Å²) in [5, 5.41) is 9.39. The number of rotatable bonds is 8. The maximum atomic E-state index is 13.5. The van der Waals surface area contributed by atoms with E-state index in [-0.39, 0.29) is 17.4 Å². The van der Waals surface area contributed by atoms with Crippen molar-refractivity contribution in [2.45, 2.75) is 31.0 Å². The minimum Gasteiger partial charge on any atom is -0.497 e. The third-order valence-corrected chi connectivity index (χ3v) is 6.25. The van der Waals surface area contributed by atoms with Crippen LogP contribution in [0.4, 0.5) is 4.39 Å². The van der Waals surface area contributed by atoms with Gasteiger partial charge in [0, 0.05) is 11.3 Å². The van der Waals surface area contributed by atoms with E-state index in [1.54, 1.807) is 37.4 Å². The molecule has 0 bridgehead atoms. The van der Waals surface area contributed by atoms with Crippen LogP contribution >= 0.6 is 11.8 Å². The first-order chi connectivity index (χ1) is 15.1. The topological polar surface area (TPSA) is 60.2 Å². The fraction of sp³-hybridized carbons (Fsp3) is 0.348. The first-order valence-electron chi connectivity index (χ1n) is 10.4. The zero-order valence-corrected chi connectivity index (χ0v) is 18.3. The Kier molecular flexibility index (Phi) is 6.99. The third kappa shape index (κ3) is 5.32. The molecule has 4 rings (SSSR count). The van der Waals surface area contributed by atoms with Gasteiger partial charge in [0.2, 0.25) is 0 Å². The van der Waals surface area contributed by atoms with E-state index in [0.717, 1.165) is 24.6 Å². The van der Waals surface area contributed by atoms with Crippen LogP contribution in [0.25, 0.3) is 5.69 Å². The minimum atomic E-state index is -0.295. The summed E-state index contributed by atoms with van der Waals surface area (Å²) in [6.07, 6.45) is 3.62. The van der Waals surface area contributed by atoms with Crippen LogP contribution < -0.4 is 4.74 Å². The number of benzene rings is 2. The molecule has 2 aromatic carbocycles. The lowest BCUT2D eigenvalue weighted by molar-refractivity contribution is 0.102. The quantitative estimate of drug-likeness (QED) is 0.383. The van der Waals surface area contributed by atoms with Crippen LogP contribution in [0.2, 0.25) is 0 Å². The molecule has 1 fully saturated rings. The Morgan fingerprint density at radius 1 is 1.10 bits per heavy atom. The van der Waals surface area contributed by atoms with Crippen LogP contribution in [-0.2, 0) is 6.54 Å². The van der Waals surface area contributed by atoms with E-state index in [2.05, 4.69) is 15.1 Å². The molecule has 1 aromatic heterocycles. The zero-order valence-electron chi connectivity index (χ0n) is 17.5. The van der Waals surface area contributed by atoms with Crippen molar-refractivity contribution in [2.24, 2.45) is 0 Å². The van der Waals surface area contributed by atoms with Gasteiger partial charge in [0.05, 0.1) is 19.4 Å². The van der Waals surface area contributed by atoms with Crippen LogP contribution in [0.15, 0.2) is 53.7 Å². The Bertz CT molecular complexity index is 1030. The zero-order chi connectivity index (χ0) is 21.6. The average Bonchev–Trinajstić information content (AvgIpc) is 3.21. The number of likely N-dealkylation sites (tertiary alicyclic amines) is 1. The molecule has 0 atom stereocenters. The van der Waals surface area contributed by atoms with Crippen LogP contribution in [0.3, 0.4) is 0 Å². The number of carbonyl (C=O) groups is 1. The number of thioether (sulfide) groups is 1. The molecule has 1 aliphatic heterocycles. The van der Waals surface area contributed by atoms with Crippen molar-refractivity contribution in [2.75, 3.05) is 26.0 Å². The lowest BCUT2D eigenvalue weighted by Gasteiger charge is -2.26. The van der Waals surface area contributed by atoms with E-state index in [1.807, 2.05) is 10.6 Å². The minimum absolute atomic E-state index is 0.0184. The molecular formula is C23H25FN4O2S. The molecular weight excluding hydrogens is 415 g/mol. The number of nitrogens with zero attached hydrogens (tertiary/aromatic N) is 4. The molecule has 162 valence electrons. The molecule has 0 aliphatic carbocycles. The fourth-order valence-corrected chi connectivity index (χ4v) is 4.54. The van der Waals surface area contributed by atoms with Gasteiger partial charge in [-0.1, -0.05) is 30.3 Å². The van der Waals surface area contributed by atoms with Gasteiger partial charge in [-0.15, -0.1) is 10.2 Å². The first-order valence-corrected chi connectivity index (χ1v) is 11.4. The summed E-state index contributed by atoms with van der Waals surface area (Å²) in [6, 6.07) is 13.4. The van der Waals surface area contributed by atoms with Gasteiger partial charge in [-0.2, -0.15) is 0 Å². The molecule has 31 heavy (non-hydrogen) atoms. The highest BCUT2D eigenvalue weighted by molar-refractivity contribution is 7.99. The second-order valence-electron chi connectivity index (χ2n) is 7.49. The predicted molar refractivity (Wildman–Crippen MR) is 118 cm³/mol. The van der Waals surface area contributed by atoms with Crippen LogP contribution in [0, 0.1) is 5.82 Å². The molecule has 0 amide bonds. The maximum absolute atomic E-state index is 13.5. The molecule has 6 nitrogen and oxygen atoms in total. The summed E-state index contributed by atoms with van der Waals surface area (Å²) in [7, 11) is 1.58. The van der Waals surface area contributed by atoms with Gasteiger partial charge in [0.1, 0.15) is 11.6 Å². The standard InChI is InChI=1S/C23H25FN4O2S/c1-30-20-7-5-6-17(14-20)21(29)16-31-23-26-25-22(15-27-12-3-2-4-13-27)28(23)19-10-8-18(24)9-11-19/h5-11,14H,2-4,12-13,15-16H2,1H3. The number of Topliss-reactive ketones (excluding diaryl/α,β-unsaturated/α-hetero) is 1. The van der Waals surface area contributed by atoms with Crippen molar-refractivity contribution in [1.82, 2.24) is 19.7 Å². The lowest BCUT2D eigenvalue weighted by atomic mass is 10.1. The van der Waals surface area contributed by atoms with E-state index in [0.29, 0.717) is 23.0 Å². The smallest absolute Gasteiger partial charge is 0.196 e. The summed E-state index contributed by atoms with van der Waals surface area (Å²) in [5.41, 5.74) is 1.38. The molecule has 0 spiro atoms. The van der Waals surface area contributed by atoms with Crippen molar-refractivity contribution in [3.63, 3.8) is 0 Å². The highest BCUT2D eigenvalue weighted by Gasteiger charge is 2.20. The Balaban J connectivity index is 1.56. The monoisotopic (exact) mass is 440 g/mol. The molecule has 1 saturated heterocycles. The average molecular weight is 441 g/mol. The number of carbonyl (C=O) groups excluding carboxylic acids is 1. The molecule has 2 heterocycles. The van der Waals surface area contributed by atoms with Gasteiger partial charge in [-0.3, -0.25) is 14.3 Å². The largest absolute Gasteiger partial charge is 0.497 e. The number of ketones is 1. The summed E-state index contributed by atoms with van der Waals surface area (Å²) >= 11 is 1.33. The second kappa shape index (κ2) is 10.1. The van der Waals surface area contributed by atoms with E-state index in [1.165, 1.54) is 43.2 Å². The summed E-state index contributed by atoms with van der Waals surface area (Å²) in [5.74, 6) is 1.35. The summed E-state index contributed by atoms with van der Waals surface area (Å²) in [4.78, 5) is 15.1. The lowest BCUT2D eigenvalue weighted by Crippen LogP contribution is -2.30. The Morgan fingerprint density at radius 3 is 2.61 bits per heavy atom. The predicted octanol–water partition coefficient (Wildman–Crippen LogP) is 4.38. The number of hydrogen-bond acceptors (Lipinski definition) is 6. The van der Waals surface area contributed by atoms with Crippen molar-refractivity contribution >= 4 is 17.5 Å². The number of ether oxygens (including phenoxy) is 1. The summed E-state index contributed by atoms with van der Waals surface area (Å²) < 4.78 is 20.6. The Hall–Kier alpha value is -2.71. The van der Waals surface area contributed by atoms with Crippen molar-refractivity contribution in [1.29, 1.82) is 0 Å². The fourth-order valence-electron chi connectivity index (χ4n) is 3.67. The molecule has 3 aromatic rings. The normalized spacial score (nSPS) is 14.5. The van der Waals surface area contributed by atoms with Crippen molar-refractivity contribution < 1.29 is 13.9 Å². The molecule has 0 radical (unpaired) electrons. The molecule has 1 aliphatic rings. The van der Waals surface area contributed by atoms with E-state index >= 15 is 0 Å². The summed E-state index contributed by atoms with van der Waals surface area (Å²) in [6.45, 7) is 2.74. The Morgan fingerprint density at radius 2 is 1.87 bits per heavy atom. The van der Waals surface area contributed by atoms with Gasteiger partial charge < -0.3 is 4.74 Å². The number of aromatic nitrogens is 3. The van der Waals surface area contributed by atoms with Crippen LogP contribution in [-0.4, -0.2) is 51.4 Å². The van der Waals surface area contributed by atoms with Gasteiger partial charge in [-0.25, -0.2) is 4.39 Å². The number of piperidine rings is 1. The molecule has 0 unspecified atom stereocenters. The molecule has 0 N–H and O–H groups in total. The molecule has 8 heteroatoms. The second-order valence-corrected chi connectivity index (χ2v) is 8.43. The molecule has 0 saturated carbocycles. The highest BCUT2D eigenvalue weighted by Crippen LogP contribution is 2.25. The third-order valence-electron chi connectivity index (χ3n) is 5.32. The van der Waals surface area contributed by atoms with E-state index in [4.69, 9.17) is 4.74 Å². The van der Waals surface area contributed by atoms with E-state index < -0.39 is 0 Å². The van der Waals surface area contributed by atoms with E-state index in [9.17, 15) is 9.18 Å².